The van der Waals surface area contributed by atoms with Crippen molar-refractivity contribution >= 4 is 17.5 Å². The van der Waals surface area contributed by atoms with Gasteiger partial charge in [-0.15, -0.1) is 0 Å². The zero-order valence-electron chi connectivity index (χ0n) is 16.7. The SMILES string of the molecule is CC(=O)Nc1cccc(C(C)N(Cc2ccccc2)C(=O)c2ccc(F)c(F)c2)c1. The number of hydrogen-bond acceptors (Lipinski definition) is 2. The Morgan fingerprint density at radius 3 is 2.33 bits per heavy atom. The highest BCUT2D eigenvalue weighted by atomic mass is 19.2. The van der Waals surface area contributed by atoms with Gasteiger partial charge < -0.3 is 10.2 Å². The summed E-state index contributed by atoms with van der Waals surface area (Å²) in [6, 6.07) is 19.4. The van der Waals surface area contributed by atoms with Crippen molar-refractivity contribution in [2.45, 2.75) is 26.4 Å². The van der Waals surface area contributed by atoms with Gasteiger partial charge in [0.2, 0.25) is 5.91 Å². The molecule has 0 aromatic heterocycles. The molecule has 0 heterocycles. The van der Waals surface area contributed by atoms with Crippen LogP contribution in [0.15, 0.2) is 72.8 Å². The average molecular weight is 408 g/mol. The summed E-state index contributed by atoms with van der Waals surface area (Å²) in [5.74, 6) is -2.69. The standard InChI is InChI=1S/C24H22F2N2O2/c1-16(19-9-6-10-21(13-19)27-17(2)29)28(15-18-7-4-3-5-8-18)24(30)20-11-12-22(25)23(26)14-20/h3-14,16H,15H2,1-2H3,(H,27,29). The van der Waals surface area contributed by atoms with Crippen LogP contribution in [-0.2, 0) is 11.3 Å². The largest absolute Gasteiger partial charge is 0.328 e. The van der Waals surface area contributed by atoms with E-state index in [4.69, 9.17) is 0 Å². The number of carbonyl (C=O) groups excluding carboxylic acids is 2. The van der Waals surface area contributed by atoms with Crippen LogP contribution in [0.3, 0.4) is 0 Å². The molecule has 0 radical (unpaired) electrons. The third kappa shape index (κ3) is 5.08. The molecule has 0 aliphatic heterocycles. The maximum absolute atomic E-state index is 13.7. The number of benzene rings is 3. The van der Waals surface area contributed by atoms with Crippen molar-refractivity contribution in [2.75, 3.05) is 5.32 Å². The average Bonchev–Trinajstić information content (AvgIpc) is 2.73. The Hall–Kier alpha value is -3.54. The topological polar surface area (TPSA) is 49.4 Å². The van der Waals surface area contributed by atoms with Gasteiger partial charge in [-0.05, 0) is 48.4 Å². The molecule has 1 N–H and O–H groups in total. The van der Waals surface area contributed by atoms with E-state index in [9.17, 15) is 18.4 Å². The number of halogens is 2. The number of amides is 2. The van der Waals surface area contributed by atoms with Crippen LogP contribution in [0.25, 0.3) is 0 Å². The normalized spacial score (nSPS) is 11.6. The van der Waals surface area contributed by atoms with Gasteiger partial charge in [0.25, 0.3) is 5.91 Å². The Bertz CT molecular complexity index is 1050. The van der Waals surface area contributed by atoms with E-state index >= 15 is 0 Å². The van der Waals surface area contributed by atoms with Gasteiger partial charge in [0.05, 0.1) is 6.04 Å². The van der Waals surface area contributed by atoms with E-state index in [2.05, 4.69) is 5.32 Å². The molecule has 0 spiro atoms. The van der Waals surface area contributed by atoms with Gasteiger partial charge in [-0.2, -0.15) is 0 Å². The molecule has 3 aromatic carbocycles. The van der Waals surface area contributed by atoms with Crippen molar-refractivity contribution < 1.29 is 18.4 Å². The second-order valence-corrected chi connectivity index (χ2v) is 7.03. The number of anilines is 1. The van der Waals surface area contributed by atoms with E-state index in [1.54, 1.807) is 23.1 Å². The second-order valence-electron chi connectivity index (χ2n) is 7.03. The van der Waals surface area contributed by atoms with Crippen LogP contribution in [-0.4, -0.2) is 16.7 Å². The lowest BCUT2D eigenvalue weighted by molar-refractivity contribution is -0.114. The van der Waals surface area contributed by atoms with Gasteiger partial charge in [0, 0.05) is 24.7 Å². The molecule has 30 heavy (non-hydrogen) atoms. The number of carbonyl (C=O) groups is 2. The van der Waals surface area contributed by atoms with E-state index in [-0.39, 0.29) is 24.1 Å². The summed E-state index contributed by atoms with van der Waals surface area (Å²) in [7, 11) is 0. The Kier molecular flexibility index (Phi) is 6.57. The molecular weight excluding hydrogens is 386 g/mol. The van der Waals surface area contributed by atoms with E-state index in [1.807, 2.05) is 43.3 Å². The summed E-state index contributed by atoms with van der Waals surface area (Å²) < 4.78 is 27.1. The molecule has 0 fully saturated rings. The number of hydrogen-bond donors (Lipinski definition) is 1. The first-order valence-electron chi connectivity index (χ1n) is 9.52. The molecule has 2 amide bonds. The first kappa shape index (κ1) is 21.2. The van der Waals surface area contributed by atoms with Gasteiger partial charge >= 0.3 is 0 Å². The molecule has 1 atom stereocenters. The second kappa shape index (κ2) is 9.31. The highest BCUT2D eigenvalue weighted by molar-refractivity contribution is 5.94. The van der Waals surface area contributed by atoms with Gasteiger partial charge in [0.1, 0.15) is 0 Å². The van der Waals surface area contributed by atoms with Gasteiger partial charge in [0.15, 0.2) is 11.6 Å². The molecule has 0 saturated heterocycles. The van der Waals surface area contributed by atoms with Crippen molar-refractivity contribution in [2.24, 2.45) is 0 Å². The first-order valence-corrected chi connectivity index (χ1v) is 9.52. The number of rotatable bonds is 6. The minimum Gasteiger partial charge on any atom is -0.328 e. The van der Waals surface area contributed by atoms with Crippen molar-refractivity contribution in [3.63, 3.8) is 0 Å². The zero-order valence-corrected chi connectivity index (χ0v) is 16.7. The van der Waals surface area contributed by atoms with E-state index in [0.29, 0.717) is 5.69 Å². The maximum atomic E-state index is 13.7. The highest BCUT2D eigenvalue weighted by Gasteiger charge is 2.24. The molecule has 3 aromatic rings. The highest BCUT2D eigenvalue weighted by Crippen LogP contribution is 2.27. The fourth-order valence-electron chi connectivity index (χ4n) is 3.22. The number of nitrogens with zero attached hydrogens (tertiary/aromatic N) is 1. The fourth-order valence-corrected chi connectivity index (χ4v) is 3.22. The van der Waals surface area contributed by atoms with Crippen LogP contribution in [0.4, 0.5) is 14.5 Å². The lowest BCUT2D eigenvalue weighted by Crippen LogP contribution is -2.33. The van der Waals surface area contributed by atoms with Gasteiger partial charge in [-0.25, -0.2) is 8.78 Å². The molecule has 0 aliphatic carbocycles. The molecular formula is C24H22F2N2O2. The number of nitrogens with one attached hydrogen (secondary N) is 1. The molecule has 3 rings (SSSR count). The van der Waals surface area contributed by atoms with Crippen molar-refractivity contribution in [1.82, 2.24) is 4.90 Å². The summed E-state index contributed by atoms with van der Waals surface area (Å²) in [5.41, 5.74) is 2.38. The first-order chi connectivity index (χ1) is 14.3. The van der Waals surface area contributed by atoms with E-state index < -0.39 is 17.5 Å². The quantitative estimate of drug-likeness (QED) is 0.600. The zero-order chi connectivity index (χ0) is 21.7. The molecule has 0 saturated carbocycles. The predicted octanol–water partition coefficient (Wildman–Crippen LogP) is 5.33. The Labute approximate surface area is 174 Å². The molecule has 0 aliphatic rings. The maximum Gasteiger partial charge on any atom is 0.254 e. The Balaban J connectivity index is 1.97. The summed E-state index contributed by atoms with van der Waals surface area (Å²) in [4.78, 5) is 26.2. The van der Waals surface area contributed by atoms with Crippen molar-refractivity contribution in [1.29, 1.82) is 0 Å². The third-order valence-electron chi connectivity index (χ3n) is 4.78. The van der Waals surface area contributed by atoms with E-state index in [1.165, 1.54) is 13.0 Å². The summed E-state index contributed by atoms with van der Waals surface area (Å²) in [5, 5.41) is 2.73. The molecule has 6 heteroatoms. The Morgan fingerprint density at radius 1 is 0.933 bits per heavy atom. The third-order valence-corrected chi connectivity index (χ3v) is 4.78. The minimum absolute atomic E-state index is 0.0645. The summed E-state index contributed by atoms with van der Waals surface area (Å²) >= 11 is 0. The van der Waals surface area contributed by atoms with Crippen LogP contribution in [0, 0.1) is 11.6 Å². The van der Waals surface area contributed by atoms with Gasteiger partial charge in [-0.1, -0.05) is 42.5 Å². The van der Waals surface area contributed by atoms with Crippen LogP contribution < -0.4 is 5.32 Å². The van der Waals surface area contributed by atoms with Crippen LogP contribution in [0.1, 0.15) is 41.4 Å². The summed E-state index contributed by atoms with van der Waals surface area (Å²) in [6.07, 6.45) is 0. The van der Waals surface area contributed by atoms with Gasteiger partial charge in [-0.3, -0.25) is 9.59 Å². The molecule has 1 unspecified atom stereocenters. The van der Waals surface area contributed by atoms with Crippen molar-refractivity contribution in [3.8, 4) is 0 Å². The molecule has 4 nitrogen and oxygen atoms in total. The molecule has 0 bridgehead atoms. The van der Waals surface area contributed by atoms with E-state index in [0.717, 1.165) is 23.3 Å². The minimum atomic E-state index is -1.07. The Morgan fingerprint density at radius 2 is 1.67 bits per heavy atom. The van der Waals surface area contributed by atoms with Crippen LogP contribution in [0.5, 0.6) is 0 Å². The van der Waals surface area contributed by atoms with Crippen molar-refractivity contribution in [3.05, 3.63) is 101 Å². The summed E-state index contributed by atoms with van der Waals surface area (Å²) in [6.45, 7) is 3.56. The monoisotopic (exact) mass is 408 g/mol. The smallest absolute Gasteiger partial charge is 0.254 e. The lowest BCUT2D eigenvalue weighted by Gasteiger charge is -2.30. The molecule has 154 valence electrons. The lowest BCUT2D eigenvalue weighted by atomic mass is 10.0. The fraction of sp³-hybridized carbons (Fsp3) is 0.167. The van der Waals surface area contributed by atoms with Crippen LogP contribution in [0.2, 0.25) is 0 Å². The van der Waals surface area contributed by atoms with Crippen LogP contribution >= 0.6 is 0 Å². The predicted molar refractivity (Wildman–Crippen MR) is 112 cm³/mol.